The van der Waals surface area contributed by atoms with E-state index in [4.69, 9.17) is 4.74 Å². The maximum absolute atomic E-state index is 12.7. The molecule has 148 valence electrons. The summed E-state index contributed by atoms with van der Waals surface area (Å²) >= 11 is 1.31. The van der Waals surface area contributed by atoms with Gasteiger partial charge in [-0.25, -0.2) is 4.79 Å². The number of anilines is 1. The highest BCUT2D eigenvalue weighted by Gasteiger charge is 2.22. The number of esters is 1. The minimum Gasteiger partial charge on any atom is -0.452 e. The largest absolute Gasteiger partial charge is 0.452 e. The third kappa shape index (κ3) is 4.60. The highest BCUT2D eigenvalue weighted by Crippen LogP contribution is 2.21. The Balaban J connectivity index is 1.74. The molecular weight excluding hydrogens is 386 g/mol. The number of hydrogen-bond acceptors (Lipinski definition) is 5. The van der Waals surface area contributed by atoms with Crippen molar-refractivity contribution in [2.75, 3.05) is 18.1 Å². The molecule has 0 spiro atoms. The summed E-state index contributed by atoms with van der Waals surface area (Å²) in [5.41, 5.74) is 2.15. The van der Waals surface area contributed by atoms with Crippen LogP contribution in [0.15, 0.2) is 66.0 Å². The molecule has 0 radical (unpaired) electrons. The summed E-state index contributed by atoms with van der Waals surface area (Å²) in [4.78, 5) is 40.1. The molecule has 2 aromatic carbocycles. The van der Waals surface area contributed by atoms with E-state index in [2.05, 4.69) is 0 Å². The highest BCUT2D eigenvalue weighted by atomic mass is 32.1. The number of carbonyl (C=O) groups excluding carboxylic acids is 3. The molecule has 0 aliphatic carbocycles. The summed E-state index contributed by atoms with van der Waals surface area (Å²) in [5.74, 6) is -1.26. The molecule has 1 aromatic heterocycles. The summed E-state index contributed by atoms with van der Waals surface area (Å²) < 4.78 is 5.26. The second kappa shape index (κ2) is 9.30. The van der Waals surface area contributed by atoms with Crippen LogP contribution in [0.2, 0.25) is 0 Å². The van der Waals surface area contributed by atoms with Crippen molar-refractivity contribution in [2.24, 2.45) is 0 Å². The second-order valence-corrected chi connectivity index (χ2v) is 7.30. The molecule has 0 saturated heterocycles. The predicted octanol–water partition coefficient (Wildman–Crippen LogP) is 4.50. The maximum Gasteiger partial charge on any atom is 0.339 e. The van der Waals surface area contributed by atoms with Crippen LogP contribution in [0.25, 0.3) is 0 Å². The minimum atomic E-state index is -0.695. The fraction of sp³-hybridized carbons (Fsp3) is 0.174. The minimum absolute atomic E-state index is 0.151. The van der Waals surface area contributed by atoms with E-state index in [-0.39, 0.29) is 22.8 Å². The number of ether oxygens (including phenoxy) is 1. The van der Waals surface area contributed by atoms with Gasteiger partial charge in [-0.2, -0.15) is 0 Å². The van der Waals surface area contributed by atoms with Crippen LogP contribution in [0.5, 0.6) is 0 Å². The lowest BCUT2D eigenvalue weighted by atomic mass is 10.0. The average molecular weight is 407 g/mol. The molecule has 6 heteroatoms. The van der Waals surface area contributed by atoms with Crippen molar-refractivity contribution in [1.82, 2.24) is 0 Å². The average Bonchev–Trinajstić information content (AvgIpc) is 3.28. The zero-order valence-corrected chi connectivity index (χ0v) is 17.1. The fourth-order valence-corrected chi connectivity index (χ4v) is 3.71. The van der Waals surface area contributed by atoms with Crippen molar-refractivity contribution in [3.63, 3.8) is 0 Å². The number of ketones is 1. The number of thiophene rings is 1. The molecule has 1 amide bonds. The Bertz CT molecular complexity index is 1030. The molecule has 0 atom stereocenters. The molecular formula is C23H21NO4S. The first kappa shape index (κ1) is 20.5. The van der Waals surface area contributed by atoms with Crippen molar-refractivity contribution in [3.05, 3.63) is 87.6 Å². The Morgan fingerprint density at radius 2 is 1.62 bits per heavy atom. The van der Waals surface area contributed by atoms with Crippen LogP contribution >= 0.6 is 11.3 Å². The van der Waals surface area contributed by atoms with Crippen molar-refractivity contribution >= 4 is 34.7 Å². The van der Waals surface area contributed by atoms with Gasteiger partial charge in [-0.3, -0.25) is 9.59 Å². The van der Waals surface area contributed by atoms with Crippen LogP contribution in [0, 0.1) is 6.92 Å². The van der Waals surface area contributed by atoms with Crippen LogP contribution < -0.4 is 4.90 Å². The number of amides is 1. The summed E-state index contributed by atoms with van der Waals surface area (Å²) in [6, 6.07) is 17.5. The number of nitrogens with zero attached hydrogens (tertiary/aromatic N) is 1. The first-order chi connectivity index (χ1) is 14.0. The molecule has 0 unspecified atom stereocenters. The summed E-state index contributed by atoms with van der Waals surface area (Å²) in [6.45, 7) is 3.84. The van der Waals surface area contributed by atoms with E-state index in [1.165, 1.54) is 17.4 Å². The SMILES string of the molecule is CCN(C(=O)COC(=O)c1ccccc1C(=O)c1cccs1)c1ccccc1C. The van der Waals surface area contributed by atoms with Crippen molar-refractivity contribution in [1.29, 1.82) is 0 Å². The van der Waals surface area contributed by atoms with Gasteiger partial charge in [0.15, 0.2) is 6.61 Å². The van der Waals surface area contributed by atoms with Gasteiger partial charge < -0.3 is 9.64 Å². The number of hydrogen-bond donors (Lipinski definition) is 0. The third-order valence-corrected chi connectivity index (χ3v) is 5.36. The van der Waals surface area contributed by atoms with E-state index < -0.39 is 12.6 Å². The molecule has 1 heterocycles. The summed E-state index contributed by atoms with van der Waals surface area (Å²) in [6.07, 6.45) is 0. The standard InChI is InChI=1S/C23H21NO4S/c1-3-24(19-12-7-4-9-16(19)2)21(25)15-28-23(27)18-11-6-5-10-17(18)22(26)20-13-8-14-29-20/h4-14H,3,15H2,1-2H3. The van der Waals surface area contributed by atoms with E-state index in [1.54, 1.807) is 40.6 Å². The number of likely N-dealkylation sites (N-methyl/N-ethyl adjacent to an activating group) is 1. The van der Waals surface area contributed by atoms with Gasteiger partial charge in [-0.1, -0.05) is 42.5 Å². The van der Waals surface area contributed by atoms with Gasteiger partial charge in [-0.15, -0.1) is 11.3 Å². The van der Waals surface area contributed by atoms with Gasteiger partial charge in [0.25, 0.3) is 5.91 Å². The third-order valence-electron chi connectivity index (χ3n) is 4.49. The molecule has 0 aliphatic rings. The summed E-state index contributed by atoms with van der Waals surface area (Å²) in [5, 5.41) is 1.80. The van der Waals surface area contributed by atoms with E-state index >= 15 is 0 Å². The van der Waals surface area contributed by atoms with E-state index in [9.17, 15) is 14.4 Å². The number of para-hydroxylation sites is 1. The van der Waals surface area contributed by atoms with Gasteiger partial charge >= 0.3 is 5.97 Å². The van der Waals surface area contributed by atoms with Crippen LogP contribution in [-0.2, 0) is 9.53 Å². The van der Waals surface area contributed by atoms with E-state index in [1.807, 2.05) is 38.1 Å². The Labute approximate surface area is 173 Å². The Morgan fingerprint density at radius 1 is 0.931 bits per heavy atom. The predicted molar refractivity (Wildman–Crippen MR) is 114 cm³/mol. The van der Waals surface area contributed by atoms with E-state index in [0.29, 0.717) is 11.4 Å². The van der Waals surface area contributed by atoms with Gasteiger partial charge in [0, 0.05) is 17.8 Å². The molecule has 0 bridgehead atoms. The van der Waals surface area contributed by atoms with Gasteiger partial charge in [0.1, 0.15) is 0 Å². The molecule has 0 aliphatic heterocycles. The molecule has 0 N–H and O–H groups in total. The summed E-state index contributed by atoms with van der Waals surface area (Å²) in [7, 11) is 0. The van der Waals surface area contributed by atoms with Crippen molar-refractivity contribution in [3.8, 4) is 0 Å². The van der Waals surface area contributed by atoms with E-state index in [0.717, 1.165) is 11.3 Å². The lowest BCUT2D eigenvalue weighted by Gasteiger charge is -2.22. The lowest BCUT2D eigenvalue weighted by molar-refractivity contribution is -0.121. The van der Waals surface area contributed by atoms with Gasteiger partial charge in [-0.05, 0) is 43.0 Å². The number of aryl methyl sites for hydroxylation is 1. The Kier molecular flexibility index (Phi) is 6.57. The normalized spacial score (nSPS) is 10.4. The number of carbonyl (C=O) groups is 3. The zero-order valence-electron chi connectivity index (χ0n) is 16.3. The van der Waals surface area contributed by atoms with Crippen LogP contribution in [0.4, 0.5) is 5.69 Å². The molecule has 3 rings (SSSR count). The molecule has 5 nitrogen and oxygen atoms in total. The second-order valence-electron chi connectivity index (χ2n) is 6.35. The van der Waals surface area contributed by atoms with Crippen LogP contribution in [0.3, 0.4) is 0 Å². The van der Waals surface area contributed by atoms with Crippen molar-refractivity contribution < 1.29 is 19.1 Å². The van der Waals surface area contributed by atoms with Crippen LogP contribution in [-0.4, -0.2) is 30.8 Å². The maximum atomic E-state index is 12.7. The van der Waals surface area contributed by atoms with Crippen molar-refractivity contribution in [2.45, 2.75) is 13.8 Å². The topological polar surface area (TPSA) is 63.7 Å². The van der Waals surface area contributed by atoms with Crippen LogP contribution in [0.1, 0.15) is 38.1 Å². The molecule has 0 fully saturated rings. The lowest BCUT2D eigenvalue weighted by Crippen LogP contribution is -2.35. The molecule has 0 saturated carbocycles. The first-order valence-electron chi connectivity index (χ1n) is 9.23. The molecule has 29 heavy (non-hydrogen) atoms. The number of benzene rings is 2. The van der Waals surface area contributed by atoms with Gasteiger partial charge in [0.05, 0.1) is 10.4 Å². The molecule has 3 aromatic rings. The first-order valence-corrected chi connectivity index (χ1v) is 10.1. The zero-order chi connectivity index (χ0) is 20.8. The quantitative estimate of drug-likeness (QED) is 0.427. The smallest absolute Gasteiger partial charge is 0.339 e. The fourth-order valence-electron chi connectivity index (χ4n) is 3.03. The monoisotopic (exact) mass is 407 g/mol. The van der Waals surface area contributed by atoms with Gasteiger partial charge in [0.2, 0.25) is 5.78 Å². The number of rotatable bonds is 7. The Morgan fingerprint density at radius 3 is 2.28 bits per heavy atom. The Hall–Kier alpha value is -3.25. The highest BCUT2D eigenvalue weighted by molar-refractivity contribution is 7.12.